The van der Waals surface area contributed by atoms with Crippen LogP contribution in [-0.2, 0) is 11.2 Å². The van der Waals surface area contributed by atoms with E-state index < -0.39 is 0 Å². The van der Waals surface area contributed by atoms with Gasteiger partial charge in [0.05, 0.1) is 11.4 Å². The van der Waals surface area contributed by atoms with E-state index in [2.05, 4.69) is 36.5 Å². The van der Waals surface area contributed by atoms with Gasteiger partial charge in [0, 0.05) is 28.9 Å². The van der Waals surface area contributed by atoms with E-state index in [4.69, 9.17) is 4.42 Å². The third-order valence-electron chi connectivity index (χ3n) is 4.21. The van der Waals surface area contributed by atoms with Gasteiger partial charge >= 0.3 is 0 Å². The molecule has 4 aromatic rings. The van der Waals surface area contributed by atoms with Crippen molar-refractivity contribution in [1.82, 2.24) is 20.0 Å². The van der Waals surface area contributed by atoms with E-state index >= 15 is 0 Å². The molecule has 2 aromatic carbocycles. The number of anilines is 1. The molecule has 2 heterocycles. The summed E-state index contributed by atoms with van der Waals surface area (Å²) < 4.78 is 8.30. The second-order valence-electron chi connectivity index (χ2n) is 6.48. The summed E-state index contributed by atoms with van der Waals surface area (Å²) in [5.74, 6) is 1.33. The van der Waals surface area contributed by atoms with Gasteiger partial charge in [0.15, 0.2) is 0 Å². The van der Waals surface area contributed by atoms with Gasteiger partial charge in [0.2, 0.25) is 17.7 Å². The smallest absolute Gasteiger partial charge is 0.247 e. The first-order valence-corrected chi connectivity index (χ1v) is 9.88. The molecule has 4 rings (SSSR count). The zero-order chi connectivity index (χ0) is 20.2. The number of rotatable bonds is 6. The molecule has 0 saturated heterocycles. The highest BCUT2D eigenvalue weighted by atomic mass is 79.9. The number of aromatic nitrogens is 4. The average molecular weight is 452 g/mol. The molecule has 0 atom stereocenters. The fourth-order valence-electron chi connectivity index (χ4n) is 2.87. The Morgan fingerprint density at radius 2 is 1.93 bits per heavy atom. The molecular weight excluding hydrogens is 434 g/mol. The zero-order valence-corrected chi connectivity index (χ0v) is 17.3. The highest BCUT2D eigenvalue weighted by molar-refractivity contribution is 9.10. The molecule has 0 unspecified atom stereocenters. The summed E-state index contributed by atoms with van der Waals surface area (Å²) in [6.07, 6.45) is 0.578. The van der Waals surface area contributed by atoms with Gasteiger partial charge in [0.1, 0.15) is 5.82 Å². The Kier molecular flexibility index (Phi) is 5.53. The number of nitrogens with zero attached hydrogens (tertiary/aromatic N) is 4. The molecule has 1 amide bonds. The summed E-state index contributed by atoms with van der Waals surface area (Å²) in [7, 11) is 0. The lowest BCUT2D eigenvalue weighted by Crippen LogP contribution is -2.15. The topological polar surface area (TPSA) is 85.8 Å². The maximum atomic E-state index is 12.5. The van der Waals surface area contributed by atoms with Crippen molar-refractivity contribution in [3.05, 3.63) is 76.7 Å². The van der Waals surface area contributed by atoms with Crippen LogP contribution in [-0.4, -0.2) is 25.9 Å². The van der Waals surface area contributed by atoms with Crippen molar-refractivity contribution >= 4 is 27.7 Å². The van der Waals surface area contributed by atoms with E-state index in [1.165, 1.54) is 0 Å². The summed E-state index contributed by atoms with van der Waals surface area (Å²) in [5, 5.41) is 15.5. The predicted octanol–water partition coefficient (Wildman–Crippen LogP) is 4.56. The van der Waals surface area contributed by atoms with Crippen LogP contribution < -0.4 is 5.32 Å². The van der Waals surface area contributed by atoms with Crippen molar-refractivity contribution in [3.63, 3.8) is 0 Å². The molecule has 2 aromatic heterocycles. The first-order valence-electron chi connectivity index (χ1n) is 9.09. The van der Waals surface area contributed by atoms with E-state index in [1.807, 2.05) is 67.6 Å². The van der Waals surface area contributed by atoms with Crippen LogP contribution in [0.3, 0.4) is 0 Å². The highest BCUT2D eigenvalue weighted by Gasteiger charge is 2.14. The Morgan fingerprint density at radius 3 is 2.72 bits per heavy atom. The van der Waals surface area contributed by atoms with E-state index in [-0.39, 0.29) is 12.3 Å². The van der Waals surface area contributed by atoms with Crippen LogP contribution >= 0.6 is 15.9 Å². The summed E-state index contributed by atoms with van der Waals surface area (Å²) >= 11 is 3.46. The Labute approximate surface area is 175 Å². The first-order chi connectivity index (χ1) is 14.1. The number of nitrogens with one attached hydrogen (secondary N) is 1. The van der Waals surface area contributed by atoms with E-state index in [0.717, 1.165) is 21.4 Å². The molecule has 8 heteroatoms. The van der Waals surface area contributed by atoms with E-state index in [9.17, 15) is 4.79 Å². The van der Waals surface area contributed by atoms with Crippen molar-refractivity contribution in [1.29, 1.82) is 0 Å². The number of carbonyl (C=O) groups is 1. The van der Waals surface area contributed by atoms with Gasteiger partial charge in [-0.25, -0.2) is 4.68 Å². The van der Waals surface area contributed by atoms with Crippen molar-refractivity contribution in [3.8, 4) is 17.1 Å². The third kappa shape index (κ3) is 4.60. The number of carbonyl (C=O) groups excluding carboxylic acids is 1. The number of amides is 1. The van der Waals surface area contributed by atoms with Gasteiger partial charge in [-0.15, -0.1) is 10.2 Å². The van der Waals surface area contributed by atoms with Crippen LogP contribution in [0, 0.1) is 6.92 Å². The number of aryl methyl sites for hydroxylation is 2. The second-order valence-corrected chi connectivity index (χ2v) is 7.39. The van der Waals surface area contributed by atoms with Gasteiger partial charge in [-0.2, -0.15) is 5.10 Å². The zero-order valence-electron chi connectivity index (χ0n) is 15.7. The molecule has 7 nitrogen and oxygen atoms in total. The summed E-state index contributed by atoms with van der Waals surface area (Å²) in [6, 6.07) is 19.1. The monoisotopic (exact) mass is 451 g/mol. The quantitative estimate of drug-likeness (QED) is 0.464. The largest absolute Gasteiger partial charge is 0.421 e. The average Bonchev–Trinajstić information content (AvgIpc) is 3.34. The van der Waals surface area contributed by atoms with Crippen LogP contribution in [0.25, 0.3) is 17.1 Å². The molecule has 29 heavy (non-hydrogen) atoms. The fourth-order valence-corrected chi connectivity index (χ4v) is 3.26. The van der Waals surface area contributed by atoms with Crippen molar-refractivity contribution in [2.24, 2.45) is 0 Å². The van der Waals surface area contributed by atoms with Crippen molar-refractivity contribution in [2.75, 3.05) is 5.32 Å². The molecule has 0 aliphatic carbocycles. The van der Waals surface area contributed by atoms with E-state index in [0.29, 0.717) is 24.0 Å². The maximum Gasteiger partial charge on any atom is 0.247 e. The number of halogens is 1. The van der Waals surface area contributed by atoms with Crippen LogP contribution in [0.15, 0.2) is 69.6 Å². The summed E-state index contributed by atoms with van der Waals surface area (Å²) in [6.45, 7) is 1.88. The maximum absolute atomic E-state index is 12.5. The molecule has 1 N–H and O–H groups in total. The van der Waals surface area contributed by atoms with Crippen LogP contribution in [0.2, 0.25) is 0 Å². The normalized spacial score (nSPS) is 10.8. The Bertz CT molecular complexity index is 1140. The second kappa shape index (κ2) is 8.40. The minimum Gasteiger partial charge on any atom is -0.421 e. The van der Waals surface area contributed by atoms with Crippen LogP contribution in [0.1, 0.15) is 18.0 Å². The molecular formula is C21H18BrN5O2. The third-order valence-corrected chi connectivity index (χ3v) is 4.70. The van der Waals surface area contributed by atoms with Gasteiger partial charge in [-0.05, 0) is 37.3 Å². The molecule has 0 aliphatic heterocycles. The number of hydrogen-bond acceptors (Lipinski definition) is 5. The number of hydrogen-bond donors (Lipinski definition) is 1. The van der Waals surface area contributed by atoms with Crippen LogP contribution in [0.4, 0.5) is 5.82 Å². The first kappa shape index (κ1) is 19.1. The van der Waals surface area contributed by atoms with Gasteiger partial charge in [-0.1, -0.05) is 40.2 Å². The highest BCUT2D eigenvalue weighted by Crippen LogP contribution is 2.21. The summed E-state index contributed by atoms with van der Waals surface area (Å²) in [5.41, 5.74) is 2.51. The lowest BCUT2D eigenvalue weighted by molar-refractivity contribution is -0.116. The van der Waals surface area contributed by atoms with Crippen molar-refractivity contribution < 1.29 is 9.21 Å². The molecule has 0 radical (unpaired) electrons. The SMILES string of the molecule is Cc1cc(NC(=O)CCc2nnc(-c3ccccc3)o2)n(-c2cccc(Br)c2)n1. The van der Waals surface area contributed by atoms with Crippen molar-refractivity contribution in [2.45, 2.75) is 19.8 Å². The van der Waals surface area contributed by atoms with Gasteiger partial charge in [0.25, 0.3) is 0 Å². The minimum absolute atomic E-state index is 0.152. The molecule has 0 spiro atoms. The molecule has 0 saturated carbocycles. The lowest BCUT2D eigenvalue weighted by atomic mass is 10.2. The molecule has 0 bridgehead atoms. The molecule has 146 valence electrons. The van der Waals surface area contributed by atoms with Gasteiger partial charge in [-0.3, -0.25) is 4.79 Å². The van der Waals surface area contributed by atoms with Gasteiger partial charge < -0.3 is 9.73 Å². The fraction of sp³-hybridized carbons (Fsp3) is 0.143. The summed E-state index contributed by atoms with van der Waals surface area (Å²) in [4.78, 5) is 12.5. The molecule has 0 aliphatic rings. The Morgan fingerprint density at radius 1 is 1.10 bits per heavy atom. The predicted molar refractivity (Wildman–Crippen MR) is 113 cm³/mol. The number of benzene rings is 2. The molecule has 0 fully saturated rings. The lowest BCUT2D eigenvalue weighted by Gasteiger charge is -2.09. The Balaban J connectivity index is 1.42. The van der Waals surface area contributed by atoms with Crippen LogP contribution in [0.5, 0.6) is 0 Å². The minimum atomic E-state index is -0.152. The standard InChI is InChI=1S/C21H18BrN5O2/c1-14-12-18(27(26-14)17-9-5-8-16(22)13-17)23-19(28)10-11-20-24-25-21(29-20)15-6-3-2-4-7-15/h2-9,12-13H,10-11H2,1H3,(H,23,28). The Hall–Kier alpha value is -3.26. The van der Waals surface area contributed by atoms with E-state index in [1.54, 1.807) is 4.68 Å².